The standard InChI is InChI=1S/C38H23N3O5S6/c1-44-18-7-10-22-28(15-18)50-36(39-22)47-25-6-4-5-21-31(25)35(43)33-27(49-38-41-24-12-9-20(46-3)17-30(24)52-38)14-13-26(32(33)34(21)42)48-37-40-23-11-8-19(45-2)16-29(23)51-37/h4-17H,1-3H3. The first-order chi connectivity index (χ1) is 25.4. The van der Waals surface area contributed by atoms with Gasteiger partial charge in [-0.1, -0.05) is 47.4 Å². The summed E-state index contributed by atoms with van der Waals surface area (Å²) in [6, 6.07) is 26.5. The van der Waals surface area contributed by atoms with E-state index in [-0.39, 0.29) is 11.6 Å². The fourth-order valence-corrected chi connectivity index (χ4v) is 12.5. The molecule has 1 aliphatic carbocycles. The zero-order valence-corrected chi connectivity index (χ0v) is 32.3. The first-order valence-electron chi connectivity index (χ1n) is 15.7. The molecule has 0 unspecified atom stereocenters. The lowest BCUT2D eigenvalue weighted by molar-refractivity contribution is 0.0972. The number of rotatable bonds is 9. The number of fused-ring (bicyclic) bond motifs is 5. The van der Waals surface area contributed by atoms with Crippen LogP contribution in [-0.4, -0.2) is 47.8 Å². The molecule has 8 aromatic rings. The maximum Gasteiger partial charge on any atom is 0.196 e. The fraction of sp³-hybridized carbons (Fsp3) is 0.0789. The molecule has 3 aromatic heterocycles. The minimum atomic E-state index is -0.211. The number of thiazole rings is 3. The lowest BCUT2D eigenvalue weighted by Crippen LogP contribution is -2.23. The van der Waals surface area contributed by atoms with Crippen LogP contribution in [0.2, 0.25) is 0 Å². The van der Waals surface area contributed by atoms with Crippen LogP contribution < -0.4 is 14.2 Å². The largest absolute Gasteiger partial charge is 0.497 e. The molecule has 0 fully saturated rings. The van der Waals surface area contributed by atoms with Crippen molar-refractivity contribution >= 4 is 112 Å². The van der Waals surface area contributed by atoms with Gasteiger partial charge >= 0.3 is 0 Å². The summed E-state index contributed by atoms with van der Waals surface area (Å²) in [6.45, 7) is 0. The number of aromatic nitrogens is 3. The Morgan fingerprint density at radius 2 is 0.885 bits per heavy atom. The molecule has 0 N–H and O–H groups in total. The third-order valence-electron chi connectivity index (χ3n) is 8.40. The van der Waals surface area contributed by atoms with E-state index in [1.807, 2.05) is 78.9 Å². The molecule has 3 heterocycles. The fourth-order valence-electron chi connectivity index (χ4n) is 5.93. The van der Waals surface area contributed by atoms with Crippen molar-refractivity contribution in [2.24, 2.45) is 0 Å². The summed E-state index contributed by atoms with van der Waals surface area (Å²) >= 11 is 8.71. The van der Waals surface area contributed by atoms with Crippen molar-refractivity contribution in [1.29, 1.82) is 0 Å². The van der Waals surface area contributed by atoms with Gasteiger partial charge < -0.3 is 14.2 Å². The van der Waals surface area contributed by atoms with Gasteiger partial charge in [0.05, 0.1) is 52.0 Å². The van der Waals surface area contributed by atoms with Gasteiger partial charge in [-0.25, -0.2) is 15.0 Å². The van der Waals surface area contributed by atoms with Crippen molar-refractivity contribution in [2.45, 2.75) is 27.7 Å². The molecule has 0 aliphatic heterocycles. The molecule has 0 bridgehead atoms. The van der Waals surface area contributed by atoms with Crippen LogP contribution in [-0.2, 0) is 0 Å². The molecule has 0 saturated heterocycles. The Bertz CT molecular complexity index is 2750. The number of nitrogens with zero attached hydrogens (tertiary/aromatic N) is 3. The summed E-state index contributed by atoms with van der Waals surface area (Å²) < 4.78 is 21.4. The third-order valence-corrected chi connectivity index (χ3v) is 14.8. The highest BCUT2D eigenvalue weighted by Crippen LogP contribution is 2.48. The minimum Gasteiger partial charge on any atom is -0.497 e. The Morgan fingerprint density at radius 3 is 1.31 bits per heavy atom. The maximum atomic E-state index is 14.9. The molecular formula is C38H23N3O5S6. The highest BCUT2D eigenvalue weighted by Gasteiger charge is 2.37. The number of carbonyl (C=O) groups excluding carboxylic acids is 2. The third kappa shape index (κ3) is 5.93. The summed E-state index contributed by atoms with van der Waals surface area (Å²) in [5, 5.41) is 0. The van der Waals surface area contributed by atoms with Crippen LogP contribution in [0.1, 0.15) is 31.8 Å². The van der Waals surface area contributed by atoms with Gasteiger partial charge in [0, 0.05) is 36.9 Å². The van der Waals surface area contributed by atoms with Gasteiger partial charge in [-0.3, -0.25) is 9.59 Å². The minimum absolute atomic E-state index is 0.206. The Hall–Kier alpha value is -4.44. The van der Waals surface area contributed by atoms with E-state index in [0.717, 1.165) is 60.9 Å². The van der Waals surface area contributed by atoms with Gasteiger partial charge in [-0.2, -0.15) is 0 Å². The van der Waals surface area contributed by atoms with Crippen LogP contribution in [0.5, 0.6) is 17.2 Å². The molecule has 9 rings (SSSR count). The van der Waals surface area contributed by atoms with Crippen molar-refractivity contribution in [2.75, 3.05) is 21.3 Å². The van der Waals surface area contributed by atoms with E-state index in [1.54, 1.807) is 27.4 Å². The monoisotopic (exact) mass is 793 g/mol. The highest BCUT2D eigenvalue weighted by atomic mass is 32.2. The molecule has 0 radical (unpaired) electrons. The smallest absolute Gasteiger partial charge is 0.196 e. The lowest BCUT2D eigenvalue weighted by Gasteiger charge is -2.23. The number of methoxy groups -OCH3 is 3. The summed E-state index contributed by atoms with van der Waals surface area (Å²) in [5.41, 5.74) is 4.01. The number of hydrogen-bond donors (Lipinski definition) is 0. The molecule has 0 saturated carbocycles. The van der Waals surface area contributed by atoms with Crippen LogP contribution in [0.3, 0.4) is 0 Å². The first-order valence-corrected chi connectivity index (χ1v) is 20.6. The topological polar surface area (TPSA) is 100 Å². The Morgan fingerprint density at radius 1 is 0.481 bits per heavy atom. The predicted molar refractivity (Wildman–Crippen MR) is 211 cm³/mol. The van der Waals surface area contributed by atoms with Crippen molar-refractivity contribution in [3.8, 4) is 17.2 Å². The Balaban J connectivity index is 1.15. The zero-order valence-electron chi connectivity index (χ0n) is 27.4. The molecule has 0 amide bonds. The van der Waals surface area contributed by atoms with Gasteiger partial charge in [-0.05, 0) is 72.8 Å². The normalized spacial score (nSPS) is 12.4. The quantitative estimate of drug-likeness (QED) is 0.140. The van der Waals surface area contributed by atoms with Crippen LogP contribution in [0, 0.1) is 0 Å². The summed E-state index contributed by atoms with van der Waals surface area (Å²) in [7, 11) is 4.90. The number of benzene rings is 5. The van der Waals surface area contributed by atoms with Crippen molar-refractivity contribution in [1.82, 2.24) is 15.0 Å². The van der Waals surface area contributed by atoms with Crippen molar-refractivity contribution in [3.05, 3.63) is 107 Å². The van der Waals surface area contributed by atoms with E-state index in [2.05, 4.69) is 0 Å². The summed E-state index contributed by atoms with van der Waals surface area (Å²) in [5.74, 6) is 1.82. The van der Waals surface area contributed by atoms with E-state index in [9.17, 15) is 9.59 Å². The second-order valence-electron chi connectivity index (χ2n) is 11.4. The van der Waals surface area contributed by atoms with Gasteiger partial charge in [0.1, 0.15) is 17.2 Å². The molecule has 14 heteroatoms. The molecule has 0 atom stereocenters. The lowest BCUT2D eigenvalue weighted by atomic mass is 9.84. The number of ether oxygens (including phenoxy) is 3. The van der Waals surface area contributed by atoms with Crippen molar-refractivity contribution in [3.63, 3.8) is 0 Å². The van der Waals surface area contributed by atoms with Gasteiger partial charge in [-0.15, -0.1) is 34.0 Å². The highest BCUT2D eigenvalue weighted by molar-refractivity contribution is 8.02. The van der Waals surface area contributed by atoms with Gasteiger partial charge in [0.25, 0.3) is 0 Å². The van der Waals surface area contributed by atoms with Crippen molar-refractivity contribution < 1.29 is 23.8 Å². The van der Waals surface area contributed by atoms with E-state index >= 15 is 0 Å². The maximum absolute atomic E-state index is 14.9. The van der Waals surface area contributed by atoms with Crippen LogP contribution in [0.4, 0.5) is 0 Å². The first kappa shape index (κ1) is 33.4. The van der Waals surface area contributed by atoms with E-state index < -0.39 is 0 Å². The molecule has 8 nitrogen and oxygen atoms in total. The van der Waals surface area contributed by atoms with E-state index in [4.69, 9.17) is 29.2 Å². The molecular weight excluding hydrogens is 771 g/mol. The van der Waals surface area contributed by atoms with E-state index in [1.165, 1.54) is 69.3 Å². The SMILES string of the molecule is COc1ccc2nc(Sc3cccc4c3C(=O)c3c(Sc5nc6ccc(OC)cc6s5)ccc(Sc5nc6ccc(OC)cc6s5)c3C4=O)sc2c1. The molecule has 256 valence electrons. The molecule has 0 spiro atoms. The predicted octanol–water partition coefficient (Wildman–Crippen LogP) is 10.8. The second-order valence-corrected chi connectivity index (χ2v) is 18.4. The van der Waals surface area contributed by atoms with E-state index in [0.29, 0.717) is 36.9 Å². The average Bonchev–Trinajstić information content (AvgIpc) is 3.88. The second kappa shape index (κ2) is 13.5. The molecule has 1 aliphatic rings. The van der Waals surface area contributed by atoms with Gasteiger partial charge in [0.15, 0.2) is 24.6 Å². The molecule has 5 aromatic carbocycles. The number of ketones is 2. The van der Waals surface area contributed by atoms with Gasteiger partial charge in [0.2, 0.25) is 0 Å². The van der Waals surface area contributed by atoms with Crippen LogP contribution >= 0.6 is 69.3 Å². The van der Waals surface area contributed by atoms with Crippen LogP contribution in [0.15, 0.2) is 113 Å². The Kier molecular flexibility index (Phi) is 8.68. The average molecular weight is 794 g/mol. The van der Waals surface area contributed by atoms with Crippen LogP contribution in [0.25, 0.3) is 30.6 Å². The summed E-state index contributed by atoms with van der Waals surface area (Å²) in [4.78, 5) is 46.1. The summed E-state index contributed by atoms with van der Waals surface area (Å²) in [6.07, 6.45) is 0. The number of carbonyl (C=O) groups is 2. The number of hydrogen-bond acceptors (Lipinski definition) is 14. The zero-order chi connectivity index (χ0) is 35.5. The molecule has 52 heavy (non-hydrogen) atoms. The Labute approximate surface area is 321 Å².